The molecule has 0 aromatic heterocycles. The van der Waals surface area contributed by atoms with E-state index in [-0.39, 0.29) is 12.6 Å². The molecular weight excluding hydrogens is 302 g/mol. The van der Waals surface area contributed by atoms with E-state index in [1.54, 1.807) is 6.92 Å². The van der Waals surface area contributed by atoms with E-state index in [9.17, 15) is 9.59 Å². The molecule has 1 aliphatic heterocycles. The lowest BCUT2D eigenvalue weighted by Crippen LogP contribution is -2.54. The molecule has 0 spiro atoms. The third-order valence-electron chi connectivity index (χ3n) is 3.10. The molecule has 0 radical (unpaired) electrons. The Kier molecular flexibility index (Phi) is 8.29. The van der Waals surface area contributed by atoms with Crippen molar-refractivity contribution in [2.24, 2.45) is 0 Å². The number of rotatable bonds is 7. The molecule has 0 bridgehead atoms. The second-order valence-corrected chi connectivity index (χ2v) is 6.30. The van der Waals surface area contributed by atoms with Crippen LogP contribution in [0.3, 0.4) is 0 Å². The summed E-state index contributed by atoms with van der Waals surface area (Å²) in [6, 6.07) is 0. The van der Waals surface area contributed by atoms with E-state index in [2.05, 4.69) is 10.3 Å². The first kappa shape index (κ1) is 19.7. The van der Waals surface area contributed by atoms with Gasteiger partial charge in [-0.25, -0.2) is 14.6 Å². The van der Waals surface area contributed by atoms with E-state index in [1.165, 1.54) is 0 Å². The lowest BCUT2D eigenvalue weighted by atomic mass is 10.2. The predicted molar refractivity (Wildman–Crippen MR) is 84.8 cm³/mol. The smallest absolute Gasteiger partial charge is 0.422 e. The minimum Gasteiger partial charge on any atom is -0.464 e. The normalized spacial score (nSPS) is 16.9. The van der Waals surface area contributed by atoms with Crippen LogP contribution >= 0.6 is 0 Å². The molecular formula is C15H29N3O5. The summed E-state index contributed by atoms with van der Waals surface area (Å²) in [5.74, 6) is -0.334. The molecule has 1 saturated heterocycles. The highest BCUT2D eigenvalue weighted by atomic mass is 16.6. The molecule has 0 saturated carbocycles. The zero-order valence-electron chi connectivity index (χ0n) is 14.6. The van der Waals surface area contributed by atoms with Gasteiger partial charge in [-0.2, -0.15) is 0 Å². The molecule has 1 aliphatic rings. The zero-order valence-corrected chi connectivity index (χ0v) is 14.6. The van der Waals surface area contributed by atoms with Gasteiger partial charge in [-0.1, -0.05) is 0 Å². The number of ether oxygens (including phenoxy) is 3. The van der Waals surface area contributed by atoms with Gasteiger partial charge in [0.15, 0.2) is 0 Å². The van der Waals surface area contributed by atoms with Crippen LogP contribution in [-0.2, 0) is 19.0 Å². The Morgan fingerprint density at radius 2 is 1.78 bits per heavy atom. The highest BCUT2D eigenvalue weighted by Crippen LogP contribution is 2.07. The van der Waals surface area contributed by atoms with Gasteiger partial charge in [-0.15, -0.1) is 0 Å². The van der Waals surface area contributed by atoms with Crippen LogP contribution in [-0.4, -0.2) is 80.1 Å². The Morgan fingerprint density at radius 3 is 2.35 bits per heavy atom. The third-order valence-corrected chi connectivity index (χ3v) is 3.10. The summed E-state index contributed by atoms with van der Waals surface area (Å²) in [6.07, 6.45) is -0.427. The number of nitrogens with one attached hydrogen (secondary N) is 1. The van der Waals surface area contributed by atoms with E-state index in [1.807, 2.05) is 25.8 Å². The third kappa shape index (κ3) is 9.37. The molecule has 0 aromatic rings. The average molecular weight is 331 g/mol. The molecule has 0 aliphatic carbocycles. The van der Waals surface area contributed by atoms with Gasteiger partial charge in [0.25, 0.3) is 0 Å². The molecule has 1 fully saturated rings. The van der Waals surface area contributed by atoms with Gasteiger partial charge in [-0.3, -0.25) is 10.3 Å². The monoisotopic (exact) mass is 331 g/mol. The van der Waals surface area contributed by atoms with Crippen molar-refractivity contribution in [1.29, 1.82) is 0 Å². The van der Waals surface area contributed by atoms with Gasteiger partial charge in [-0.05, 0) is 27.7 Å². The van der Waals surface area contributed by atoms with Crippen LogP contribution in [0.4, 0.5) is 4.79 Å². The maximum atomic E-state index is 11.7. The van der Waals surface area contributed by atoms with Crippen LogP contribution in [0.25, 0.3) is 0 Å². The fourth-order valence-corrected chi connectivity index (χ4v) is 2.07. The summed E-state index contributed by atoms with van der Waals surface area (Å²) in [6.45, 7) is 11.9. The molecule has 8 heteroatoms. The quantitative estimate of drug-likeness (QED) is 0.541. The molecule has 1 heterocycles. The second kappa shape index (κ2) is 9.69. The molecule has 23 heavy (non-hydrogen) atoms. The average Bonchev–Trinajstić information content (AvgIpc) is 2.43. The number of esters is 1. The minimum absolute atomic E-state index is 0.00595. The van der Waals surface area contributed by atoms with Crippen molar-refractivity contribution in [3.63, 3.8) is 0 Å². The van der Waals surface area contributed by atoms with Crippen molar-refractivity contribution in [2.75, 3.05) is 52.5 Å². The van der Waals surface area contributed by atoms with Gasteiger partial charge in [0.1, 0.15) is 12.2 Å². The fraction of sp³-hybridized carbons (Fsp3) is 0.867. The van der Waals surface area contributed by atoms with Crippen LogP contribution in [0.5, 0.6) is 0 Å². The highest BCUT2D eigenvalue weighted by Gasteiger charge is 2.21. The maximum absolute atomic E-state index is 11.7. The number of nitrogens with zero attached hydrogens (tertiary/aromatic N) is 2. The van der Waals surface area contributed by atoms with Gasteiger partial charge >= 0.3 is 12.1 Å². The molecule has 1 N–H and O–H groups in total. The standard InChI is InChI=1S/C15H29N3O5/c1-5-22-13(19)12-21-11-10-17-6-8-18(9-7-17)16-14(20)23-15(2,3)4/h5-12H2,1-4H3,(H,16,20). The van der Waals surface area contributed by atoms with Crippen LogP contribution in [0, 0.1) is 0 Å². The topological polar surface area (TPSA) is 80.3 Å². The van der Waals surface area contributed by atoms with Crippen molar-refractivity contribution in [3.8, 4) is 0 Å². The number of hydrogen-bond acceptors (Lipinski definition) is 7. The number of carbonyl (C=O) groups is 2. The summed E-state index contributed by atoms with van der Waals surface area (Å²) in [5, 5.41) is 1.85. The Labute approximate surface area is 138 Å². The Balaban J connectivity index is 2.11. The SMILES string of the molecule is CCOC(=O)COCCN1CCN(NC(=O)OC(C)(C)C)CC1. The van der Waals surface area contributed by atoms with E-state index >= 15 is 0 Å². The van der Waals surface area contributed by atoms with Gasteiger partial charge in [0, 0.05) is 32.7 Å². The first-order chi connectivity index (χ1) is 10.8. The van der Waals surface area contributed by atoms with Crippen molar-refractivity contribution in [3.05, 3.63) is 0 Å². The van der Waals surface area contributed by atoms with Crippen molar-refractivity contribution in [2.45, 2.75) is 33.3 Å². The van der Waals surface area contributed by atoms with E-state index in [0.29, 0.717) is 13.2 Å². The van der Waals surface area contributed by atoms with Crippen molar-refractivity contribution >= 4 is 12.1 Å². The lowest BCUT2D eigenvalue weighted by molar-refractivity contribution is -0.148. The molecule has 0 aromatic carbocycles. The van der Waals surface area contributed by atoms with Crippen molar-refractivity contribution < 1.29 is 23.8 Å². The largest absolute Gasteiger partial charge is 0.464 e. The van der Waals surface area contributed by atoms with Crippen LogP contribution in [0.2, 0.25) is 0 Å². The number of piperazine rings is 1. The Bertz CT molecular complexity index is 376. The zero-order chi connectivity index (χ0) is 17.3. The summed E-state index contributed by atoms with van der Waals surface area (Å²) in [7, 11) is 0. The van der Waals surface area contributed by atoms with E-state index in [0.717, 1.165) is 32.7 Å². The number of amides is 1. The highest BCUT2D eigenvalue weighted by molar-refractivity contribution is 5.70. The summed E-state index contributed by atoms with van der Waals surface area (Å²) in [5.41, 5.74) is 2.25. The fourth-order valence-electron chi connectivity index (χ4n) is 2.07. The van der Waals surface area contributed by atoms with E-state index in [4.69, 9.17) is 14.2 Å². The summed E-state index contributed by atoms with van der Waals surface area (Å²) in [4.78, 5) is 25.0. The lowest BCUT2D eigenvalue weighted by Gasteiger charge is -2.34. The van der Waals surface area contributed by atoms with Gasteiger partial charge < -0.3 is 14.2 Å². The molecule has 1 rings (SSSR count). The van der Waals surface area contributed by atoms with Crippen LogP contribution < -0.4 is 5.43 Å². The molecule has 134 valence electrons. The number of hydrogen-bond donors (Lipinski definition) is 1. The first-order valence-electron chi connectivity index (χ1n) is 8.00. The number of carbonyl (C=O) groups excluding carboxylic acids is 2. The first-order valence-corrected chi connectivity index (χ1v) is 8.00. The molecule has 1 amide bonds. The maximum Gasteiger partial charge on any atom is 0.422 e. The van der Waals surface area contributed by atoms with Gasteiger partial charge in [0.2, 0.25) is 0 Å². The van der Waals surface area contributed by atoms with Crippen LogP contribution in [0.1, 0.15) is 27.7 Å². The summed E-state index contributed by atoms with van der Waals surface area (Å²) < 4.78 is 15.3. The second-order valence-electron chi connectivity index (χ2n) is 6.30. The Hall–Kier alpha value is -1.38. The molecule has 8 nitrogen and oxygen atoms in total. The summed E-state index contributed by atoms with van der Waals surface area (Å²) >= 11 is 0. The van der Waals surface area contributed by atoms with E-state index < -0.39 is 11.7 Å². The predicted octanol–water partition coefficient (Wildman–Crippen LogP) is 0.623. The minimum atomic E-state index is -0.498. The molecule has 0 unspecified atom stereocenters. The molecule has 0 atom stereocenters. The van der Waals surface area contributed by atoms with Crippen molar-refractivity contribution in [1.82, 2.24) is 15.3 Å². The Morgan fingerprint density at radius 1 is 1.13 bits per heavy atom. The van der Waals surface area contributed by atoms with Gasteiger partial charge in [0.05, 0.1) is 13.2 Å². The number of hydrazine groups is 1. The van der Waals surface area contributed by atoms with Crippen LogP contribution in [0.15, 0.2) is 0 Å².